The monoisotopic (exact) mass is 267 g/mol. The number of ether oxygens (including phenoxy) is 1. The van der Waals surface area contributed by atoms with Gasteiger partial charge < -0.3 is 9.64 Å². The molecule has 1 aliphatic heterocycles. The largest absolute Gasteiger partial charge is 0.497 e. The van der Waals surface area contributed by atoms with Gasteiger partial charge in [0.05, 0.1) is 20.1 Å². The fraction of sp³-hybridized carbons (Fsp3) is 0.235. The molecule has 0 radical (unpaired) electrons. The molecule has 20 heavy (non-hydrogen) atoms. The highest BCUT2D eigenvalue weighted by atomic mass is 16.5. The van der Waals surface area contributed by atoms with Crippen LogP contribution in [0.2, 0.25) is 0 Å². The summed E-state index contributed by atoms with van der Waals surface area (Å²) in [5.74, 6) is 0.999. The van der Waals surface area contributed by atoms with E-state index < -0.39 is 0 Å². The maximum absolute atomic E-state index is 12.2. The van der Waals surface area contributed by atoms with E-state index in [1.54, 1.807) is 7.11 Å². The summed E-state index contributed by atoms with van der Waals surface area (Å²) in [5.41, 5.74) is 4.47. The zero-order valence-corrected chi connectivity index (χ0v) is 11.7. The Morgan fingerprint density at radius 3 is 2.60 bits per heavy atom. The number of benzene rings is 2. The lowest BCUT2D eigenvalue weighted by atomic mass is 10.1. The Bertz CT molecular complexity index is 647. The second-order valence-electron chi connectivity index (χ2n) is 5.14. The first-order valence-electron chi connectivity index (χ1n) is 6.70. The van der Waals surface area contributed by atoms with Gasteiger partial charge in [0.15, 0.2) is 0 Å². The topological polar surface area (TPSA) is 29.5 Å². The lowest BCUT2D eigenvalue weighted by Gasteiger charge is -2.18. The minimum Gasteiger partial charge on any atom is -0.497 e. The third-order valence-corrected chi connectivity index (χ3v) is 3.67. The van der Waals surface area contributed by atoms with E-state index in [2.05, 4.69) is 19.1 Å². The molecule has 2 aromatic carbocycles. The van der Waals surface area contributed by atoms with Crippen molar-refractivity contribution in [3.05, 3.63) is 59.2 Å². The van der Waals surface area contributed by atoms with Gasteiger partial charge in [-0.15, -0.1) is 0 Å². The van der Waals surface area contributed by atoms with Gasteiger partial charge in [0.2, 0.25) is 5.91 Å². The van der Waals surface area contributed by atoms with Crippen LogP contribution in [0.1, 0.15) is 16.7 Å². The van der Waals surface area contributed by atoms with Crippen molar-refractivity contribution >= 4 is 11.6 Å². The van der Waals surface area contributed by atoms with E-state index in [9.17, 15) is 4.79 Å². The van der Waals surface area contributed by atoms with Crippen LogP contribution in [0.15, 0.2) is 42.5 Å². The lowest BCUT2D eigenvalue weighted by molar-refractivity contribution is -0.117. The molecule has 1 heterocycles. The maximum atomic E-state index is 12.2. The summed E-state index contributed by atoms with van der Waals surface area (Å²) in [6, 6.07) is 14.0. The van der Waals surface area contributed by atoms with E-state index in [-0.39, 0.29) is 5.91 Å². The van der Waals surface area contributed by atoms with Crippen molar-refractivity contribution in [1.82, 2.24) is 0 Å². The molecule has 1 aliphatic rings. The fourth-order valence-electron chi connectivity index (χ4n) is 2.60. The van der Waals surface area contributed by atoms with Gasteiger partial charge in [0, 0.05) is 5.69 Å². The molecule has 0 saturated carbocycles. The number of carbonyl (C=O) groups excluding carboxylic acids is 1. The Labute approximate surface area is 118 Å². The van der Waals surface area contributed by atoms with Gasteiger partial charge in [0.1, 0.15) is 5.75 Å². The first-order valence-corrected chi connectivity index (χ1v) is 6.70. The summed E-state index contributed by atoms with van der Waals surface area (Å²) in [6.07, 6.45) is 0.507. The Morgan fingerprint density at radius 2 is 1.90 bits per heavy atom. The van der Waals surface area contributed by atoms with Gasteiger partial charge in [-0.25, -0.2) is 0 Å². The number of aryl methyl sites for hydroxylation is 1. The quantitative estimate of drug-likeness (QED) is 0.855. The molecular weight excluding hydrogens is 250 g/mol. The first-order chi connectivity index (χ1) is 9.67. The standard InChI is InChI=1S/C17H17NO2/c1-12-3-8-16-14(9-12)10-17(19)18(16)11-13-4-6-15(20-2)7-5-13/h3-9H,10-11H2,1-2H3. The molecule has 3 heteroatoms. The molecule has 0 spiro atoms. The van der Waals surface area contributed by atoms with Crippen LogP contribution in [0.25, 0.3) is 0 Å². The SMILES string of the molecule is COc1ccc(CN2C(=O)Cc3cc(C)ccc32)cc1. The molecule has 0 unspecified atom stereocenters. The highest BCUT2D eigenvalue weighted by molar-refractivity contribution is 6.01. The minimum atomic E-state index is 0.168. The van der Waals surface area contributed by atoms with E-state index in [1.165, 1.54) is 5.56 Å². The molecule has 2 aromatic rings. The van der Waals surface area contributed by atoms with Crippen LogP contribution in [-0.2, 0) is 17.8 Å². The smallest absolute Gasteiger partial charge is 0.231 e. The number of methoxy groups -OCH3 is 1. The molecule has 0 aliphatic carbocycles. The molecular formula is C17H17NO2. The summed E-state index contributed by atoms with van der Waals surface area (Å²) < 4.78 is 5.15. The van der Waals surface area contributed by atoms with Crippen molar-refractivity contribution in [3.63, 3.8) is 0 Å². The van der Waals surface area contributed by atoms with Crippen molar-refractivity contribution in [3.8, 4) is 5.75 Å². The van der Waals surface area contributed by atoms with E-state index in [0.29, 0.717) is 13.0 Å². The number of hydrogen-bond donors (Lipinski definition) is 0. The van der Waals surface area contributed by atoms with Crippen LogP contribution in [0.3, 0.4) is 0 Å². The van der Waals surface area contributed by atoms with Crippen molar-refractivity contribution in [2.75, 3.05) is 12.0 Å². The fourth-order valence-corrected chi connectivity index (χ4v) is 2.60. The third-order valence-electron chi connectivity index (χ3n) is 3.67. The second-order valence-corrected chi connectivity index (χ2v) is 5.14. The highest BCUT2D eigenvalue weighted by Gasteiger charge is 2.26. The van der Waals surface area contributed by atoms with Gasteiger partial charge in [-0.3, -0.25) is 4.79 Å². The average molecular weight is 267 g/mol. The Morgan fingerprint density at radius 1 is 1.15 bits per heavy atom. The molecule has 0 fully saturated rings. The van der Waals surface area contributed by atoms with Crippen LogP contribution < -0.4 is 9.64 Å². The van der Waals surface area contributed by atoms with Gasteiger partial charge in [-0.1, -0.05) is 29.8 Å². The van der Waals surface area contributed by atoms with Crippen LogP contribution in [0.4, 0.5) is 5.69 Å². The second kappa shape index (κ2) is 5.00. The Kier molecular flexibility index (Phi) is 3.18. The number of hydrogen-bond acceptors (Lipinski definition) is 2. The van der Waals surface area contributed by atoms with Crippen LogP contribution in [0.5, 0.6) is 5.75 Å². The Balaban J connectivity index is 1.86. The molecule has 0 saturated heterocycles. The zero-order chi connectivity index (χ0) is 14.1. The van der Waals surface area contributed by atoms with Gasteiger partial charge in [-0.05, 0) is 36.2 Å². The number of amides is 1. The van der Waals surface area contributed by atoms with Crippen LogP contribution >= 0.6 is 0 Å². The average Bonchev–Trinajstić information content (AvgIpc) is 2.75. The van der Waals surface area contributed by atoms with Crippen molar-refractivity contribution in [2.24, 2.45) is 0 Å². The number of carbonyl (C=O) groups is 1. The van der Waals surface area contributed by atoms with Crippen LogP contribution in [-0.4, -0.2) is 13.0 Å². The molecule has 0 atom stereocenters. The van der Waals surface area contributed by atoms with Gasteiger partial charge >= 0.3 is 0 Å². The van der Waals surface area contributed by atoms with Crippen LogP contribution in [0, 0.1) is 6.92 Å². The van der Waals surface area contributed by atoms with Crippen molar-refractivity contribution in [2.45, 2.75) is 19.9 Å². The molecule has 0 aromatic heterocycles. The third kappa shape index (κ3) is 2.27. The molecule has 1 amide bonds. The van der Waals surface area contributed by atoms with E-state index in [1.807, 2.05) is 35.2 Å². The Hall–Kier alpha value is -2.29. The number of nitrogens with zero attached hydrogens (tertiary/aromatic N) is 1. The maximum Gasteiger partial charge on any atom is 0.231 e. The van der Waals surface area contributed by atoms with E-state index in [0.717, 1.165) is 22.6 Å². The van der Waals surface area contributed by atoms with Gasteiger partial charge in [-0.2, -0.15) is 0 Å². The normalized spacial score (nSPS) is 13.5. The minimum absolute atomic E-state index is 0.168. The predicted octanol–water partition coefficient (Wildman–Crippen LogP) is 3.09. The molecule has 102 valence electrons. The zero-order valence-electron chi connectivity index (χ0n) is 11.7. The summed E-state index contributed by atoms with van der Waals surface area (Å²) >= 11 is 0. The summed E-state index contributed by atoms with van der Waals surface area (Å²) in [4.78, 5) is 14.0. The van der Waals surface area contributed by atoms with E-state index >= 15 is 0 Å². The molecule has 3 rings (SSSR count). The first kappa shape index (κ1) is 12.7. The lowest BCUT2D eigenvalue weighted by Crippen LogP contribution is -2.25. The summed E-state index contributed by atoms with van der Waals surface area (Å²) in [6.45, 7) is 2.66. The predicted molar refractivity (Wildman–Crippen MR) is 79.1 cm³/mol. The molecule has 3 nitrogen and oxygen atoms in total. The molecule has 0 N–H and O–H groups in total. The number of anilines is 1. The van der Waals surface area contributed by atoms with E-state index in [4.69, 9.17) is 4.74 Å². The number of rotatable bonds is 3. The summed E-state index contributed by atoms with van der Waals surface area (Å²) in [7, 11) is 1.65. The van der Waals surface area contributed by atoms with Crippen molar-refractivity contribution in [1.29, 1.82) is 0 Å². The summed E-state index contributed by atoms with van der Waals surface area (Å²) in [5, 5.41) is 0. The number of fused-ring (bicyclic) bond motifs is 1. The highest BCUT2D eigenvalue weighted by Crippen LogP contribution is 2.31. The van der Waals surface area contributed by atoms with Crippen molar-refractivity contribution < 1.29 is 9.53 Å². The van der Waals surface area contributed by atoms with Gasteiger partial charge in [0.25, 0.3) is 0 Å². The molecule has 0 bridgehead atoms.